The Kier molecular flexibility index (Phi) is 4.83. The molecule has 1 nitrogen and oxygen atoms in total. The Hall–Kier alpha value is -0.510. The van der Waals surface area contributed by atoms with Gasteiger partial charge in [0.15, 0.2) is 0 Å². The molecule has 0 aliphatic heterocycles. The third-order valence-electron chi connectivity index (χ3n) is 3.08. The van der Waals surface area contributed by atoms with E-state index in [1.807, 2.05) is 29.5 Å². The summed E-state index contributed by atoms with van der Waals surface area (Å²) in [6.07, 6.45) is 0. The third kappa shape index (κ3) is 3.38. The van der Waals surface area contributed by atoms with E-state index in [9.17, 15) is 0 Å². The van der Waals surface area contributed by atoms with Crippen molar-refractivity contribution in [3.05, 3.63) is 50.7 Å². The Morgan fingerprint density at radius 3 is 2.45 bits per heavy atom. The van der Waals surface area contributed by atoms with Crippen molar-refractivity contribution >= 4 is 38.9 Å². The summed E-state index contributed by atoms with van der Waals surface area (Å²) < 4.78 is 5.43. The van der Waals surface area contributed by atoms with Gasteiger partial charge in [-0.05, 0) is 29.7 Å². The quantitative estimate of drug-likeness (QED) is 0.583. The van der Waals surface area contributed by atoms with Gasteiger partial charge in [0.2, 0.25) is 0 Å². The largest absolute Gasteiger partial charge is 0.496 e. The van der Waals surface area contributed by atoms with Crippen LogP contribution in [0.5, 0.6) is 5.75 Å². The van der Waals surface area contributed by atoms with E-state index < -0.39 is 0 Å². The zero-order chi connectivity index (χ0) is 14.9. The van der Waals surface area contributed by atoms with Crippen LogP contribution in [0.15, 0.2) is 30.3 Å². The van der Waals surface area contributed by atoms with Gasteiger partial charge in [-0.15, -0.1) is 11.3 Å². The van der Waals surface area contributed by atoms with Gasteiger partial charge >= 0.3 is 0 Å². The fraction of sp³-hybridized carbons (Fsp3) is 0.375. The average Bonchev–Trinajstić information content (AvgIpc) is 2.87. The Labute approximate surface area is 138 Å². The van der Waals surface area contributed by atoms with Gasteiger partial charge in [-0.2, -0.15) is 0 Å². The van der Waals surface area contributed by atoms with E-state index in [2.05, 4.69) is 48.8 Å². The SMILES string of the molecule is COc1cc(Cl)ccc1C(Br)c1ccc(C(C)(C)C)s1. The summed E-state index contributed by atoms with van der Waals surface area (Å²) in [7, 11) is 1.67. The van der Waals surface area contributed by atoms with Crippen LogP contribution in [0.2, 0.25) is 5.02 Å². The van der Waals surface area contributed by atoms with Crippen LogP contribution in [0, 0.1) is 0 Å². The third-order valence-corrected chi connectivity index (χ3v) is 6.18. The van der Waals surface area contributed by atoms with Gasteiger partial charge in [-0.25, -0.2) is 0 Å². The lowest BCUT2D eigenvalue weighted by Crippen LogP contribution is -2.07. The van der Waals surface area contributed by atoms with Gasteiger partial charge in [0, 0.05) is 20.3 Å². The summed E-state index contributed by atoms with van der Waals surface area (Å²) >= 11 is 11.6. The second kappa shape index (κ2) is 6.08. The Balaban J connectivity index is 2.36. The number of halogens is 2. The molecule has 0 saturated heterocycles. The zero-order valence-electron chi connectivity index (χ0n) is 12.0. The molecular weight excluding hydrogens is 356 g/mol. The van der Waals surface area contributed by atoms with Crippen LogP contribution < -0.4 is 4.74 Å². The zero-order valence-corrected chi connectivity index (χ0v) is 15.2. The van der Waals surface area contributed by atoms with E-state index >= 15 is 0 Å². The minimum atomic E-state index is 0.121. The lowest BCUT2D eigenvalue weighted by atomic mass is 9.95. The highest BCUT2D eigenvalue weighted by molar-refractivity contribution is 9.09. The second-order valence-corrected chi connectivity index (χ2v) is 8.17. The molecule has 1 aromatic carbocycles. The number of hydrogen-bond donors (Lipinski definition) is 0. The maximum atomic E-state index is 6.02. The number of methoxy groups -OCH3 is 1. The predicted octanol–water partition coefficient (Wildman–Crippen LogP) is 6.19. The fourth-order valence-corrected chi connectivity index (χ4v) is 3.98. The predicted molar refractivity (Wildman–Crippen MR) is 91.8 cm³/mol. The first-order chi connectivity index (χ1) is 9.32. The maximum Gasteiger partial charge on any atom is 0.125 e. The summed E-state index contributed by atoms with van der Waals surface area (Å²) in [6, 6.07) is 10.1. The number of thiophene rings is 1. The number of hydrogen-bond acceptors (Lipinski definition) is 2. The smallest absolute Gasteiger partial charge is 0.125 e. The molecule has 1 unspecified atom stereocenters. The molecule has 0 fully saturated rings. The van der Waals surface area contributed by atoms with Gasteiger partial charge in [-0.3, -0.25) is 0 Å². The monoisotopic (exact) mass is 372 g/mol. The number of benzene rings is 1. The van der Waals surface area contributed by atoms with Crippen molar-refractivity contribution in [3.8, 4) is 5.75 Å². The van der Waals surface area contributed by atoms with Crippen molar-refractivity contribution < 1.29 is 4.74 Å². The van der Waals surface area contributed by atoms with Gasteiger partial charge in [-0.1, -0.05) is 54.4 Å². The molecule has 20 heavy (non-hydrogen) atoms. The summed E-state index contributed by atoms with van der Waals surface area (Å²) in [5.74, 6) is 0.810. The van der Waals surface area contributed by atoms with Crippen molar-refractivity contribution in [2.75, 3.05) is 7.11 Å². The van der Waals surface area contributed by atoms with Crippen LogP contribution in [-0.2, 0) is 5.41 Å². The van der Waals surface area contributed by atoms with E-state index in [0.717, 1.165) is 11.3 Å². The number of ether oxygens (including phenoxy) is 1. The molecule has 0 spiro atoms. The number of rotatable bonds is 3. The fourth-order valence-electron chi connectivity index (χ4n) is 1.94. The Morgan fingerprint density at radius 2 is 1.90 bits per heavy atom. The standard InChI is InChI=1S/C16H18BrClOS/c1-16(2,3)14-8-7-13(20-14)15(17)11-6-5-10(18)9-12(11)19-4/h5-9,15H,1-4H3. The topological polar surface area (TPSA) is 9.23 Å². The Bertz CT molecular complexity index is 601. The summed E-state index contributed by atoms with van der Waals surface area (Å²) in [6.45, 7) is 6.69. The van der Waals surface area contributed by atoms with E-state index in [-0.39, 0.29) is 10.2 Å². The molecule has 4 heteroatoms. The minimum Gasteiger partial charge on any atom is -0.496 e. The van der Waals surface area contributed by atoms with Crippen LogP contribution in [0.3, 0.4) is 0 Å². The van der Waals surface area contributed by atoms with Crippen molar-refractivity contribution in [2.24, 2.45) is 0 Å². The summed E-state index contributed by atoms with van der Waals surface area (Å²) in [4.78, 5) is 2.77. The van der Waals surface area contributed by atoms with Crippen molar-refractivity contribution in [1.82, 2.24) is 0 Å². The Morgan fingerprint density at radius 1 is 1.20 bits per heavy atom. The molecule has 0 aliphatic rings. The number of alkyl halides is 1. The van der Waals surface area contributed by atoms with Crippen LogP contribution in [-0.4, -0.2) is 7.11 Å². The molecule has 0 saturated carbocycles. The van der Waals surface area contributed by atoms with Crippen molar-refractivity contribution in [3.63, 3.8) is 0 Å². The molecule has 1 atom stereocenters. The second-order valence-electron chi connectivity index (χ2n) is 5.70. The molecule has 108 valence electrons. The first-order valence-electron chi connectivity index (χ1n) is 6.40. The van der Waals surface area contributed by atoms with E-state index in [1.54, 1.807) is 7.11 Å². The molecule has 0 bridgehead atoms. The first kappa shape index (κ1) is 15.9. The molecule has 0 radical (unpaired) electrons. The molecular formula is C16H18BrClOS. The molecule has 1 aromatic heterocycles. The average molecular weight is 374 g/mol. The van der Waals surface area contributed by atoms with Crippen molar-refractivity contribution in [1.29, 1.82) is 0 Å². The van der Waals surface area contributed by atoms with Crippen LogP contribution >= 0.6 is 38.9 Å². The van der Waals surface area contributed by atoms with Gasteiger partial charge < -0.3 is 4.74 Å². The van der Waals surface area contributed by atoms with Crippen molar-refractivity contribution in [2.45, 2.75) is 31.0 Å². The highest BCUT2D eigenvalue weighted by Crippen LogP contribution is 2.42. The maximum absolute atomic E-state index is 6.02. The van der Waals surface area contributed by atoms with Gasteiger partial charge in [0.05, 0.1) is 11.9 Å². The van der Waals surface area contributed by atoms with Crippen LogP contribution in [0.4, 0.5) is 0 Å². The molecule has 0 amide bonds. The van der Waals surface area contributed by atoms with E-state index in [4.69, 9.17) is 16.3 Å². The summed E-state index contributed by atoms with van der Waals surface area (Å²) in [5, 5.41) is 0.687. The summed E-state index contributed by atoms with van der Waals surface area (Å²) in [5.41, 5.74) is 1.28. The molecule has 2 rings (SSSR count). The van der Waals surface area contributed by atoms with Crippen LogP contribution in [0.1, 0.15) is 40.9 Å². The molecule has 1 heterocycles. The lowest BCUT2D eigenvalue weighted by molar-refractivity contribution is 0.410. The molecule has 0 N–H and O–H groups in total. The van der Waals surface area contributed by atoms with E-state index in [1.165, 1.54) is 9.75 Å². The van der Waals surface area contributed by atoms with Gasteiger partial charge in [0.25, 0.3) is 0 Å². The van der Waals surface area contributed by atoms with E-state index in [0.29, 0.717) is 5.02 Å². The van der Waals surface area contributed by atoms with Gasteiger partial charge in [0.1, 0.15) is 5.75 Å². The molecule has 2 aromatic rings. The highest BCUT2D eigenvalue weighted by atomic mass is 79.9. The molecule has 0 aliphatic carbocycles. The highest BCUT2D eigenvalue weighted by Gasteiger charge is 2.21. The van der Waals surface area contributed by atoms with Crippen LogP contribution in [0.25, 0.3) is 0 Å². The lowest BCUT2D eigenvalue weighted by Gasteiger charge is -2.16. The minimum absolute atomic E-state index is 0.121. The normalized spacial score (nSPS) is 13.3. The first-order valence-corrected chi connectivity index (χ1v) is 8.51.